The van der Waals surface area contributed by atoms with Crippen LogP contribution in [0.3, 0.4) is 0 Å². The van der Waals surface area contributed by atoms with Gasteiger partial charge in [-0.1, -0.05) is 18.2 Å². The number of carbonyl (C=O) groups is 2. The lowest BCUT2D eigenvalue weighted by molar-refractivity contribution is -0.142. The van der Waals surface area contributed by atoms with Gasteiger partial charge < -0.3 is 19.1 Å². The summed E-state index contributed by atoms with van der Waals surface area (Å²) in [5.41, 5.74) is 1.44. The van der Waals surface area contributed by atoms with Crippen LogP contribution in [-0.4, -0.2) is 35.1 Å². The lowest BCUT2D eigenvalue weighted by Crippen LogP contribution is -2.29. The van der Waals surface area contributed by atoms with E-state index in [4.69, 9.17) is 4.74 Å². The van der Waals surface area contributed by atoms with Crippen molar-refractivity contribution in [3.8, 4) is 11.5 Å². The van der Waals surface area contributed by atoms with Gasteiger partial charge in [-0.15, -0.1) is 0 Å². The molecule has 0 radical (unpaired) electrons. The first-order valence-electron chi connectivity index (χ1n) is 9.38. The molecular formula is C22H23NO6. The number of carbonyl (C=O) groups excluding carboxylic acids is 2. The summed E-state index contributed by atoms with van der Waals surface area (Å²) in [4.78, 5) is 36.5. The number of hydrogen-bond acceptors (Lipinski definition) is 6. The maximum Gasteiger partial charge on any atom is 0.343 e. The van der Waals surface area contributed by atoms with Crippen LogP contribution in [0.2, 0.25) is 0 Å². The molecule has 0 aliphatic heterocycles. The predicted octanol–water partition coefficient (Wildman–Crippen LogP) is 2.42. The van der Waals surface area contributed by atoms with Crippen LogP contribution in [0.25, 0.3) is 6.08 Å². The summed E-state index contributed by atoms with van der Waals surface area (Å²) >= 11 is 0. The number of pyridine rings is 1. The van der Waals surface area contributed by atoms with E-state index in [-0.39, 0.29) is 17.9 Å². The lowest BCUT2D eigenvalue weighted by Gasteiger charge is -2.21. The zero-order valence-electron chi connectivity index (χ0n) is 16.4. The third-order valence-electron chi connectivity index (χ3n) is 5.00. The first-order chi connectivity index (χ1) is 13.9. The van der Waals surface area contributed by atoms with E-state index in [1.165, 1.54) is 23.8 Å². The van der Waals surface area contributed by atoms with Gasteiger partial charge in [0.05, 0.1) is 7.11 Å². The van der Waals surface area contributed by atoms with Gasteiger partial charge in [0.25, 0.3) is 5.56 Å². The van der Waals surface area contributed by atoms with Gasteiger partial charge >= 0.3 is 5.97 Å². The van der Waals surface area contributed by atoms with E-state index in [0.717, 1.165) is 25.0 Å². The molecule has 0 atom stereocenters. The Labute approximate surface area is 168 Å². The Bertz CT molecular complexity index is 1030. The van der Waals surface area contributed by atoms with Crippen LogP contribution in [0.15, 0.2) is 35.1 Å². The van der Waals surface area contributed by atoms with Crippen LogP contribution in [0.1, 0.15) is 40.0 Å². The molecule has 1 aromatic carbocycles. The molecule has 3 rings (SSSR count). The number of allylic oxidation sites excluding steroid dienone is 1. The molecule has 0 unspecified atom stereocenters. The van der Waals surface area contributed by atoms with Crippen LogP contribution in [0.4, 0.5) is 0 Å². The topological polar surface area (TPSA) is 94.8 Å². The Morgan fingerprint density at radius 2 is 2.00 bits per heavy atom. The molecule has 7 heteroatoms. The second-order valence-electron chi connectivity index (χ2n) is 6.86. The number of fused-ring (bicyclic) bond motifs is 1. The number of rotatable bonds is 6. The van der Waals surface area contributed by atoms with Gasteiger partial charge in [0, 0.05) is 18.3 Å². The van der Waals surface area contributed by atoms with Crippen molar-refractivity contribution in [2.24, 2.45) is 7.05 Å². The summed E-state index contributed by atoms with van der Waals surface area (Å²) in [5, 5.41) is 10.6. The average molecular weight is 397 g/mol. The summed E-state index contributed by atoms with van der Waals surface area (Å²) in [6.45, 7) is -0.221. The first kappa shape index (κ1) is 20.4. The third kappa shape index (κ3) is 4.39. The van der Waals surface area contributed by atoms with Crippen LogP contribution in [-0.2, 0) is 29.4 Å². The van der Waals surface area contributed by atoms with Crippen LogP contribution >= 0.6 is 0 Å². The first-order valence-corrected chi connectivity index (χ1v) is 9.38. The molecular weight excluding hydrogens is 374 g/mol. The summed E-state index contributed by atoms with van der Waals surface area (Å²) in [7, 11) is 2.91. The Morgan fingerprint density at radius 3 is 2.76 bits per heavy atom. The largest absolute Gasteiger partial charge is 0.507 e. The minimum atomic E-state index is -0.558. The highest BCUT2D eigenvalue weighted by Gasteiger charge is 2.24. The van der Waals surface area contributed by atoms with Gasteiger partial charge in [-0.3, -0.25) is 9.59 Å². The van der Waals surface area contributed by atoms with E-state index in [0.29, 0.717) is 23.3 Å². The minimum Gasteiger partial charge on any atom is -0.507 e. The molecule has 1 N–H and O–H groups in total. The summed E-state index contributed by atoms with van der Waals surface area (Å²) in [5.74, 6) is -0.817. The fourth-order valence-corrected chi connectivity index (χ4v) is 3.44. The fraction of sp³-hybridized carbons (Fsp3) is 0.318. The van der Waals surface area contributed by atoms with Crippen molar-refractivity contribution < 1.29 is 24.2 Å². The molecule has 1 aliphatic rings. The number of aromatic nitrogens is 1. The Morgan fingerprint density at radius 1 is 1.24 bits per heavy atom. The van der Waals surface area contributed by atoms with Gasteiger partial charge in [0.2, 0.25) is 0 Å². The molecule has 0 fully saturated rings. The molecule has 1 aliphatic carbocycles. The minimum absolute atomic E-state index is 0.201. The molecule has 0 amide bonds. The second kappa shape index (κ2) is 8.77. The highest BCUT2D eigenvalue weighted by Crippen LogP contribution is 2.30. The van der Waals surface area contributed by atoms with Crippen molar-refractivity contribution in [2.45, 2.75) is 25.7 Å². The summed E-state index contributed by atoms with van der Waals surface area (Å²) in [6, 6.07) is 6.79. The Kier molecular flexibility index (Phi) is 6.16. The maximum atomic E-state index is 12.7. The third-order valence-corrected chi connectivity index (χ3v) is 5.00. The smallest absolute Gasteiger partial charge is 0.343 e. The monoisotopic (exact) mass is 397 g/mol. The molecule has 0 bridgehead atoms. The number of nitrogens with zero attached hydrogens (tertiary/aromatic N) is 1. The van der Waals surface area contributed by atoms with E-state index in [1.807, 2.05) is 0 Å². The number of aromatic hydroxyl groups is 1. The molecule has 7 nitrogen and oxygen atoms in total. The molecule has 2 aromatic rings. The summed E-state index contributed by atoms with van der Waals surface area (Å²) in [6.07, 6.45) is 6.04. The highest BCUT2D eigenvalue weighted by molar-refractivity contribution is 6.08. The van der Waals surface area contributed by atoms with Crippen LogP contribution in [0.5, 0.6) is 11.5 Å². The summed E-state index contributed by atoms with van der Waals surface area (Å²) < 4.78 is 11.3. The standard InChI is InChI=1S/C22H23NO6/c1-23-17-9-4-3-8-16(17)21(26)20(22(23)27)18(24)11-10-14-6-5-7-15(12-14)29-13-19(25)28-2/h5-7,10-12,26H,3-4,8-9,13H2,1-2H3. The normalized spacial score (nSPS) is 13.2. The number of methoxy groups -OCH3 is 1. The van der Waals surface area contributed by atoms with Crippen molar-refractivity contribution >= 4 is 17.8 Å². The number of esters is 1. The maximum absolute atomic E-state index is 12.7. The van der Waals surface area contributed by atoms with Gasteiger partial charge in [-0.2, -0.15) is 0 Å². The quantitative estimate of drug-likeness (QED) is 0.457. The average Bonchev–Trinajstić information content (AvgIpc) is 2.75. The van der Waals surface area contributed by atoms with E-state index >= 15 is 0 Å². The highest BCUT2D eigenvalue weighted by atomic mass is 16.6. The SMILES string of the molecule is COC(=O)COc1cccc(C=CC(=O)c2c(O)c3c(n(C)c2=O)CCCC3)c1. The molecule has 1 heterocycles. The molecule has 152 valence electrons. The van der Waals surface area contributed by atoms with E-state index in [1.54, 1.807) is 31.3 Å². The zero-order valence-corrected chi connectivity index (χ0v) is 16.4. The fourth-order valence-electron chi connectivity index (χ4n) is 3.44. The number of benzene rings is 1. The van der Waals surface area contributed by atoms with Crippen molar-refractivity contribution in [1.82, 2.24) is 4.57 Å². The number of ketones is 1. The predicted molar refractivity (Wildman–Crippen MR) is 107 cm³/mol. The molecule has 1 aromatic heterocycles. The number of hydrogen-bond donors (Lipinski definition) is 1. The van der Waals surface area contributed by atoms with E-state index in [9.17, 15) is 19.5 Å². The van der Waals surface area contributed by atoms with E-state index < -0.39 is 17.3 Å². The Balaban J connectivity index is 1.84. The molecule has 29 heavy (non-hydrogen) atoms. The second-order valence-corrected chi connectivity index (χ2v) is 6.86. The van der Waals surface area contributed by atoms with Gasteiger partial charge in [-0.25, -0.2) is 4.79 Å². The molecule has 0 spiro atoms. The van der Waals surface area contributed by atoms with Crippen molar-refractivity contribution in [2.75, 3.05) is 13.7 Å². The zero-order chi connectivity index (χ0) is 21.0. The van der Waals surface area contributed by atoms with Gasteiger partial charge in [0.1, 0.15) is 17.1 Å². The van der Waals surface area contributed by atoms with Gasteiger partial charge in [0.15, 0.2) is 12.4 Å². The van der Waals surface area contributed by atoms with Crippen LogP contribution < -0.4 is 10.3 Å². The molecule has 0 saturated carbocycles. The Hall–Kier alpha value is -3.35. The number of ether oxygens (including phenoxy) is 2. The van der Waals surface area contributed by atoms with Gasteiger partial charge in [-0.05, 0) is 49.5 Å². The van der Waals surface area contributed by atoms with Crippen molar-refractivity contribution in [3.05, 3.63) is 63.1 Å². The van der Waals surface area contributed by atoms with E-state index in [2.05, 4.69) is 4.74 Å². The molecule has 0 saturated heterocycles. The van der Waals surface area contributed by atoms with Crippen molar-refractivity contribution in [1.29, 1.82) is 0 Å². The lowest BCUT2D eigenvalue weighted by atomic mass is 9.92. The van der Waals surface area contributed by atoms with Crippen LogP contribution in [0, 0.1) is 0 Å². The van der Waals surface area contributed by atoms with Crippen molar-refractivity contribution in [3.63, 3.8) is 0 Å².